The zero-order valence-corrected chi connectivity index (χ0v) is 12.0. The Balaban J connectivity index is 2.19. The molecule has 1 aliphatic carbocycles. The van der Waals surface area contributed by atoms with Gasteiger partial charge >= 0.3 is 0 Å². The Labute approximate surface area is 120 Å². The molecule has 3 heteroatoms. The molecule has 1 aromatic carbocycles. The third kappa shape index (κ3) is 3.02. The first-order valence-corrected chi connectivity index (χ1v) is 7.31. The van der Waals surface area contributed by atoms with Gasteiger partial charge in [-0.3, -0.25) is 4.79 Å². The molecule has 0 spiro atoms. The van der Waals surface area contributed by atoms with Crippen LogP contribution in [0.15, 0.2) is 24.3 Å². The third-order valence-electron chi connectivity index (χ3n) is 4.22. The van der Waals surface area contributed by atoms with Crippen LogP contribution in [0.2, 0.25) is 0 Å². The molecule has 0 aliphatic heterocycles. The summed E-state index contributed by atoms with van der Waals surface area (Å²) in [6, 6.07) is 7.64. The number of nitrogens with one attached hydrogen (secondary N) is 1. The number of hydrogen-bond acceptors (Lipinski definition) is 2. The van der Waals surface area contributed by atoms with Crippen LogP contribution in [0.3, 0.4) is 0 Å². The highest BCUT2D eigenvalue weighted by Gasteiger charge is 2.39. The highest BCUT2D eigenvalue weighted by atomic mass is 16.2. The molecule has 0 saturated heterocycles. The standard InChI is InChI=1S/C17H22N2O/c1-2-17(11-5-6-12-17)16(20)19-15-10-4-3-8-14(15)9-7-13-18/h3-4,8,10H,2,5-6,11-13,18H2,1H3,(H,19,20). The summed E-state index contributed by atoms with van der Waals surface area (Å²) in [6.07, 6.45) is 5.18. The Hall–Kier alpha value is -1.79. The predicted octanol–water partition coefficient (Wildman–Crippen LogP) is 2.91. The third-order valence-corrected chi connectivity index (χ3v) is 4.22. The molecule has 20 heavy (non-hydrogen) atoms. The Kier molecular flexibility index (Phi) is 4.81. The van der Waals surface area contributed by atoms with Crippen molar-refractivity contribution in [2.45, 2.75) is 39.0 Å². The van der Waals surface area contributed by atoms with Crippen molar-refractivity contribution in [1.82, 2.24) is 0 Å². The first kappa shape index (κ1) is 14.6. The van der Waals surface area contributed by atoms with Gasteiger partial charge in [0.05, 0.1) is 12.2 Å². The molecule has 1 aromatic rings. The van der Waals surface area contributed by atoms with Crippen molar-refractivity contribution < 1.29 is 4.79 Å². The summed E-state index contributed by atoms with van der Waals surface area (Å²) < 4.78 is 0. The van der Waals surface area contributed by atoms with Gasteiger partial charge in [0, 0.05) is 11.0 Å². The second kappa shape index (κ2) is 6.58. The average Bonchev–Trinajstić information content (AvgIpc) is 2.96. The predicted molar refractivity (Wildman–Crippen MR) is 82.2 cm³/mol. The summed E-state index contributed by atoms with van der Waals surface area (Å²) in [5.41, 5.74) is 6.84. The minimum absolute atomic E-state index is 0.138. The summed E-state index contributed by atoms with van der Waals surface area (Å²) in [5, 5.41) is 3.07. The number of anilines is 1. The number of para-hydroxylation sites is 1. The van der Waals surface area contributed by atoms with Crippen LogP contribution in [-0.4, -0.2) is 12.5 Å². The molecule has 3 nitrogen and oxygen atoms in total. The van der Waals surface area contributed by atoms with Gasteiger partial charge in [-0.05, 0) is 31.4 Å². The average molecular weight is 270 g/mol. The number of amides is 1. The first-order valence-electron chi connectivity index (χ1n) is 7.31. The van der Waals surface area contributed by atoms with Crippen molar-refractivity contribution in [3.63, 3.8) is 0 Å². The lowest BCUT2D eigenvalue weighted by Crippen LogP contribution is -2.33. The van der Waals surface area contributed by atoms with Crippen molar-refractivity contribution in [2.75, 3.05) is 11.9 Å². The van der Waals surface area contributed by atoms with Gasteiger partial charge in [0.25, 0.3) is 0 Å². The van der Waals surface area contributed by atoms with Gasteiger partial charge in [-0.1, -0.05) is 43.7 Å². The fourth-order valence-electron chi connectivity index (χ4n) is 2.90. The lowest BCUT2D eigenvalue weighted by atomic mass is 9.82. The van der Waals surface area contributed by atoms with E-state index in [1.54, 1.807) is 0 Å². The van der Waals surface area contributed by atoms with Crippen molar-refractivity contribution in [3.05, 3.63) is 29.8 Å². The van der Waals surface area contributed by atoms with Gasteiger partial charge in [0.1, 0.15) is 0 Å². The maximum absolute atomic E-state index is 12.6. The molecule has 106 valence electrons. The Morgan fingerprint density at radius 3 is 2.70 bits per heavy atom. The number of nitrogens with two attached hydrogens (primary N) is 1. The summed E-state index contributed by atoms with van der Waals surface area (Å²) in [7, 11) is 0. The number of carbonyl (C=O) groups excluding carboxylic acids is 1. The van der Waals surface area contributed by atoms with Crippen molar-refractivity contribution in [2.24, 2.45) is 11.1 Å². The van der Waals surface area contributed by atoms with E-state index in [1.807, 2.05) is 24.3 Å². The monoisotopic (exact) mass is 270 g/mol. The topological polar surface area (TPSA) is 55.1 Å². The minimum Gasteiger partial charge on any atom is -0.324 e. The smallest absolute Gasteiger partial charge is 0.230 e. The van der Waals surface area contributed by atoms with E-state index in [-0.39, 0.29) is 11.3 Å². The fraction of sp³-hybridized carbons (Fsp3) is 0.471. The lowest BCUT2D eigenvalue weighted by molar-refractivity contribution is -0.125. The van der Waals surface area contributed by atoms with E-state index in [0.29, 0.717) is 6.54 Å². The fourth-order valence-corrected chi connectivity index (χ4v) is 2.90. The van der Waals surface area contributed by atoms with Crippen molar-refractivity contribution in [3.8, 4) is 11.8 Å². The molecule has 0 atom stereocenters. The van der Waals surface area contributed by atoms with Crippen LogP contribution in [0, 0.1) is 17.3 Å². The van der Waals surface area contributed by atoms with Gasteiger partial charge in [-0.2, -0.15) is 0 Å². The van der Waals surface area contributed by atoms with E-state index < -0.39 is 0 Å². The van der Waals surface area contributed by atoms with Gasteiger partial charge in [0.15, 0.2) is 0 Å². The molecular weight excluding hydrogens is 248 g/mol. The van der Waals surface area contributed by atoms with Crippen LogP contribution in [0.5, 0.6) is 0 Å². The highest BCUT2D eigenvalue weighted by molar-refractivity contribution is 5.96. The van der Waals surface area contributed by atoms with E-state index in [4.69, 9.17) is 5.73 Å². The number of hydrogen-bond donors (Lipinski definition) is 2. The van der Waals surface area contributed by atoms with Crippen LogP contribution >= 0.6 is 0 Å². The molecule has 3 N–H and O–H groups in total. The van der Waals surface area contributed by atoms with Gasteiger partial charge in [-0.15, -0.1) is 0 Å². The normalized spacial score (nSPS) is 16.3. The second-order valence-electron chi connectivity index (χ2n) is 5.35. The van der Waals surface area contributed by atoms with E-state index in [2.05, 4.69) is 24.1 Å². The van der Waals surface area contributed by atoms with Crippen LogP contribution in [-0.2, 0) is 4.79 Å². The molecule has 0 bridgehead atoms. The summed E-state index contributed by atoms with van der Waals surface area (Å²) >= 11 is 0. The van der Waals surface area contributed by atoms with Crippen LogP contribution in [0.25, 0.3) is 0 Å². The number of benzene rings is 1. The Morgan fingerprint density at radius 2 is 2.05 bits per heavy atom. The number of rotatable bonds is 3. The second-order valence-corrected chi connectivity index (χ2v) is 5.35. The maximum atomic E-state index is 12.6. The molecule has 1 aliphatic rings. The van der Waals surface area contributed by atoms with Crippen LogP contribution in [0.4, 0.5) is 5.69 Å². The van der Waals surface area contributed by atoms with E-state index in [9.17, 15) is 4.79 Å². The van der Waals surface area contributed by atoms with Gasteiger partial charge < -0.3 is 11.1 Å². The van der Waals surface area contributed by atoms with Crippen molar-refractivity contribution in [1.29, 1.82) is 0 Å². The van der Waals surface area contributed by atoms with E-state index >= 15 is 0 Å². The zero-order chi connectivity index (χ0) is 14.4. The highest BCUT2D eigenvalue weighted by Crippen LogP contribution is 2.41. The summed E-state index contributed by atoms with van der Waals surface area (Å²) in [5.74, 6) is 5.99. The Bertz CT molecular complexity index is 533. The zero-order valence-electron chi connectivity index (χ0n) is 12.0. The van der Waals surface area contributed by atoms with E-state index in [0.717, 1.165) is 43.4 Å². The van der Waals surface area contributed by atoms with Crippen LogP contribution < -0.4 is 11.1 Å². The summed E-state index contributed by atoms with van der Waals surface area (Å²) in [4.78, 5) is 12.6. The Morgan fingerprint density at radius 1 is 1.35 bits per heavy atom. The molecule has 0 heterocycles. The molecule has 0 radical (unpaired) electrons. The molecule has 1 fully saturated rings. The molecule has 1 amide bonds. The molecule has 0 unspecified atom stereocenters. The van der Waals surface area contributed by atoms with Gasteiger partial charge in [-0.25, -0.2) is 0 Å². The largest absolute Gasteiger partial charge is 0.324 e. The van der Waals surface area contributed by atoms with Gasteiger partial charge in [0.2, 0.25) is 5.91 Å². The minimum atomic E-state index is -0.186. The molecule has 0 aromatic heterocycles. The quantitative estimate of drug-likeness (QED) is 0.830. The molecule has 1 saturated carbocycles. The lowest BCUT2D eigenvalue weighted by Gasteiger charge is -2.26. The SMILES string of the molecule is CCC1(C(=O)Nc2ccccc2C#CCN)CCCC1. The van der Waals surface area contributed by atoms with E-state index in [1.165, 1.54) is 0 Å². The maximum Gasteiger partial charge on any atom is 0.230 e. The van der Waals surface area contributed by atoms with Crippen LogP contribution in [0.1, 0.15) is 44.6 Å². The number of carbonyl (C=O) groups is 1. The summed E-state index contributed by atoms with van der Waals surface area (Å²) in [6.45, 7) is 2.42. The molecule has 2 rings (SSSR count). The molecular formula is C17H22N2O. The first-order chi connectivity index (χ1) is 9.72. The van der Waals surface area contributed by atoms with Crippen molar-refractivity contribution >= 4 is 11.6 Å².